The number of ether oxygens (including phenoxy) is 2. The van der Waals surface area contributed by atoms with Gasteiger partial charge in [-0.05, 0) is 37.8 Å². The number of carbonyl (C=O) groups is 1. The van der Waals surface area contributed by atoms with Crippen molar-refractivity contribution in [2.45, 2.75) is 25.9 Å². The molecule has 2 N–H and O–H groups in total. The molecule has 1 aromatic rings. The highest BCUT2D eigenvalue weighted by atomic mass is 16.5. The standard InChI is InChI=1S/C15H21NO4/c1-10(17)13-6-5-12(19-2)7-14(13)20-9-15(18)16-8-11-3-4-11/h5-7,10-11,17H,3-4,8-9H2,1-2H3,(H,16,18)/t10-/m1/s1. The molecular weight excluding hydrogens is 258 g/mol. The molecule has 0 bridgehead atoms. The Kier molecular flexibility index (Phi) is 4.84. The second-order valence-electron chi connectivity index (χ2n) is 5.12. The van der Waals surface area contributed by atoms with Crippen molar-refractivity contribution in [1.29, 1.82) is 0 Å². The van der Waals surface area contributed by atoms with Crippen LogP contribution in [0.15, 0.2) is 18.2 Å². The number of hydrogen-bond acceptors (Lipinski definition) is 4. The number of aliphatic hydroxyl groups excluding tert-OH is 1. The van der Waals surface area contributed by atoms with Crippen LogP contribution in [0.4, 0.5) is 0 Å². The molecule has 1 amide bonds. The molecule has 1 atom stereocenters. The maximum Gasteiger partial charge on any atom is 0.257 e. The molecule has 110 valence electrons. The zero-order valence-corrected chi connectivity index (χ0v) is 11.9. The van der Waals surface area contributed by atoms with E-state index in [4.69, 9.17) is 9.47 Å². The fraction of sp³-hybridized carbons (Fsp3) is 0.533. The van der Waals surface area contributed by atoms with Gasteiger partial charge < -0.3 is 19.9 Å². The molecule has 0 aliphatic heterocycles. The van der Waals surface area contributed by atoms with E-state index in [0.717, 1.165) is 6.54 Å². The van der Waals surface area contributed by atoms with E-state index >= 15 is 0 Å². The van der Waals surface area contributed by atoms with Crippen LogP contribution < -0.4 is 14.8 Å². The first-order valence-corrected chi connectivity index (χ1v) is 6.85. The Morgan fingerprint density at radius 3 is 2.85 bits per heavy atom. The average Bonchev–Trinajstić information content (AvgIpc) is 3.26. The van der Waals surface area contributed by atoms with Crippen molar-refractivity contribution in [1.82, 2.24) is 5.32 Å². The van der Waals surface area contributed by atoms with Gasteiger partial charge in [-0.15, -0.1) is 0 Å². The SMILES string of the molecule is COc1ccc([C@@H](C)O)c(OCC(=O)NCC2CC2)c1. The maximum absolute atomic E-state index is 11.7. The van der Waals surface area contributed by atoms with Gasteiger partial charge in [-0.25, -0.2) is 0 Å². The molecule has 0 aromatic heterocycles. The van der Waals surface area contributed by atoms with E-state index in [9.17, 15) is 9.90 Å². The lowest BCUT2D eigenvalue weighted by atomic mass is 10.1. The number of carbonyl (C=O) groups excluding carboxylic acids is 1. The van der Waals surface area contributed by atoms with Crippen LogP contribution in [-0.2, 0) is 4.79 Å². The van der Waals surface area contributed by atoms with E-state index in [-0.39, 0.29) is 12.5 Å². The summed E-state index contributed by atoms with van der Waals surface area (Å²) in [5, 5.41) is 12.5. The number of aliphatic hydroxyl groups is 1. The zero-order chi connectivity index (χ0) is 14.5. The molecule has 1 aliphatic rings. The maximum atomic E-state index is 11.7. The summed E-state index contributed by atoms with van der Waals surface area (Å²) in [5.74, 6) is 1.60. The van der Waals surface area contributed by atoms with E-state index < -0.39 is 6.10 Å². The zero-order valence-electron chi connectivity index (χ0n) is 11.9. The molecule has 2 rings (SSSR count). The molecule has 20 heavy (non-hydrogen) atoms. The highest BCUT2D eigenvalue weighted by Gasteiger charge is 2.21. The first kappa shape index (κ1) is 14.7. The summed E-state index contributed by atoms with van der Waals surface area (Å²) in [4.78, 5) is 11.7. The van der Waals surface area contributed by atoms with Crippen molar-refractivity contribution in [2.24, 2.45) is 5.92 Å². The van der Waals surface area contributed by atoms with Crippen LogP contribution in [0.3, 0.4) is 0 Å². The third kappa shape index (κ3) is 4.13. The third-order valence-corrected chi connectivity index (χ3v) is 3.31. The minimum absolute atomic E-state index is 0.0559. The number of hydrogen-bond donors (Lipinski definition) is 2. The smallest absolute Gasteiger partial charge is 0.257 e. The molecule has 0 heterocycles. The molecule has 1 fully saturated rings. The Bertz CT molecular complexity index is 469. The van der Waals surface area contributed by atoms with Gasteiger partial charge in [0.25, 0.3) is 5.91 Å². The summed E-state index contributed by atoms with van der Waals surface area (Å²) in [7, 11) is 1.56. The molecule has 1 saturated carbocycles. The number of benzene rings is 1. The second kappa shape index (κ2) is 6.61. The van der Waals surface area contributed by atoms with Crippen LogP contribution in [0, 0.1) is 5.92 Å². The Morgan fingerprint density at radius 2 is 2.25 bits per heavy atom. The number of methoxy groups -OCH3 is 1. The van der Waals surface area contributed by atoms with E-state index in [1.807, 2.05) is 0 Å². The minimum Gasteiger partial charge on any atom is -0.497 e. The number of amides is 1. The second-order valence-corrected chi connectivity index (χ2v) is 5.12. The predicted octanol–water partition coefficient (Wildman–Crippen LogP) is 1.65. The van der Waals surface area contributed by atoms with Crippen molar-refractivity contribution < 1.29 is 19.4 Å². The number of rotatable bonds is 7. The molecule has 5 heteroatoms. The van der Waals surface area contributed by atoms with Crippen molar-refractivity contribution in [3.63, 3.8) is 0 Å². The Hall–Kier alpha value is -1.75. The van der Waals surface area contributed by atoms with E-state index in [1.54, 1.807) is 32.2 Å². The molecule has 1 aliphatic carbocycles. The molecule has 0 radical (unpaired) electrons. The van der Waals surface area contributed by atoms with Gasteiger partial charge in [0.2, 0.25) is 0 Å². The lowest BCUT2D eigenvalue weighted by Gasteiger charge is -2.14. The van der Waals surface area contributed by atoms with E-state index in [2.05, 4.69) is 5.32 Å². The fourth-order valence-electron chi connectivity index (χ4n) is 1.89. The Morgan fingerprint density at radius 1 is 1.50 bits per heavy atom. The first-order chi connectivity index (χ1) is 9.60. The van der Waals surface area contributed by atoms with Gasteiger partial charge in [0.15, 0.2) is 6.61 Å². The molecule has 0 spiro atoms. The van der Waals surface area contributed by atoms with Crippen molar-refractivity contribution >= 4 is 5.91 Å². The lowest BCUT2D eigenvalue weighted by molar-refractivity contribution is -0.123. The van der Waals surface area contributed by atoms with E-state index in [0.29, 0.717) is 23.0 Å². The van der Waals surface area contributed by atoms with Gasteiger partial charge in [-0.2, -0.15) is 0 Å². The Labute approximate surface area is 118 Å². The van der Waals surface area contributed by atoms with Gasteiger partial charge in [0.05, 0.1) is 13.2 Å². The molecule has 0 saturated heterocycles. The van der Waals surface area contributed by atoms with Gasteiger partial charge in [-0.3, -0.25) is 4.79 Å². The van der Waals surface area contributed by atoms with Crippen molar-refractivity contribution in [3.8, 4) is 11.5 Å². The molecule has 0 unspecified atom stereocenters. The largest absolute Gasteiger partial charge is 0.497 e. The average molecular weight is 279 g/mol. The normalized spacial score (nSPS) is 15.6. The summed E-state index contributed by atoms with van der Waals surface area (Å²) in [6, 6.07) is 5.17. The summed E-state index contributed by atoms with van der Waals surface area (Å²) >= 11 is 0. The van der Waals surface area contributed by atoms with Gasteiger partial charge in [0, 0.05) is 18.2 Å². The third-order valence-electron chi connectivity index (χ3n) is 3.31. The summed E-state index contributed by atoms with van der Waals surface area (Å²) < 4.78 is 10.6. The van der Waals surface area contributed by atoms with Crippen molar-refractivity contribution in [2.75, 3.05) is 20.3 Å². The van der Waals surface area contributed by atoms with Crippen LogP contribution in [0.5, 0.6) is 11.5 Å². The summed E-state index contributed by atoms with van der Waals surface area (Å²) in [6.45, 7) is 2.32. The predicted molar refractivity (Wildman–Crippen MR) is 74.9 cm³/mol. The van der Waals surface area contributed by atoms with Gasteiger partial charge in [-0.1, -0.05) is 0 Å². The van der Waals surface area contributed by atoms with Crippen LogP contribution in [0.1, 0.15) is 31.4 Å². The van der Waals surface area contributed by atoms with Crippen LogP contribution in [-0.4, -0.2) is 31.3 Å². The summed E-state index contributed by atoms with van der Waals surface area (Å²) in [5.41, 5.74) is 0.640. The van der Waals surface area contributed by atoms with Crippen LogP contribution in [0.25, 0.3) is 0 Å². The van der Waals surface area contributed by atoms with Crippen LogP contribution in [0.2, 0.25) is 0 Å². The van der Waals surface area contributed by atoms with Crippen LogP contribution >= 0.6 is 0 Å². The highest BCUT2D eigenvalue weighted by Crippen LogP contribution is 2.29. The van der Waals surface area contributed by atoms with Gasteiger partial charge in [0.1, 0.15) is 11.5 Å². The first-order valence-electron chi connectivity index (χ1n) is 6.85. The molecule has 5 nitrogen and oxygen atoms in total. The van der Waals surface area contributed by atoms with Gasteiger partial charge >= 0.3 is 0 Å². The fourth-order valence-corrected chi connectivity index (χ4v) is 1.89. The quantitative estimate of drug-likeness (QED) is 0.796. The lowest BCUT2D eigenvalue weighted by Crippen LogP contribution is -2.30. The Balaban J connectivity index is 1.93. The monoisotopic (exact) mass is 279 g/mol. The molecular formula is C15H21NO4. The topological polar surface area (TPSA) is 67.8 Å². The molecule has 1 aromatic carbocycles. The highest BCUT2D eigenvalue weighted by molar-refractivity contribution is 5.77. The number of nitrogens with one attached hydrogen (secondary N) is 1. The van der Waals surface area contributed by atoms with E-state index in [1.165, 1.54) is 12.8 Å². The minimum atomic E-state index is -0.662. The summed E-state index contributed by atoms with van der Waals surface area (Å²) in [6.07, 6.45) is 1.73. The van der Waals surface area contributed by atoms with Crippen molar-refractivity contribution in [3.05, 3.63) is 23.8 Å².